The van der Waals surface area contributed by atoms with Gasteiger partial charge in [0, 0.05) is 17.7 Å². The molecule has 0 aliphatic heterocycles. The van der Waals surface area contributed by atoms with Crippen LogP contribution in [-0.2, 0) is 4.79 Å². The summed E-state index contributed by atoms with van der Waals surface area (Å²) in [6.45, 7) is 0. The smallest absolute Gasteiger partial charge is 0.307 e. The molecule has 1 saturated carbocycles. The highest BCUT2D eigenvalue weighted by Gasteiger charge is 2.45. The lowest BCUT2D eigenvalue weighted by Crippen LogP contribution is -1.98. The molecule has 76 valence electrons. The van der Waals surface area contributed by atoms with Gasteiger partial charge in [-0.25, -0.2) is 4.52 Å². The number of pyridine rings is 1. The average Bonchev–Trinajstić information content (AvgIpc) is 2.92. The number of hydrogen-bond acceptors (Lipinski definition) is 2. The van der Waals surface area contributed by atoms with Crippen molar-refractivity contribution in [3.05, 3.63) is 36.2 Å². The normalized spacial score (nSPS) is 24.3. The number of aliphatic carboxylic acids is 1. The van der Waals surface area contributed by atoms with Crippen LogP contribution >= 0.6 is 0 Å². The second-order valence-corrected chi connectivity index (χ2v) is 3.92. The molecule has 4 nitrogen and oxygen atoms in total. The quantitative estimate of drug-likeness (QED) is 0.803. The monoisotopic (exact) mass is 202 g/mol. The summed E-state index contributed by atoms with van der Waals surface area (Å²) in [7, 11) is 0. The maximum Gasteiger partial charge on any atom is 0.307 e. The molecule has 0 aromatic carbocycles. The van der Waals surface area contributed by atoms with Gasteiger partial charge in [0.25, 0.3) is 0 Å². The van der Waals surface area contributed by atoms with Crippen LogP contribution < -0.4 is 0 Å². The Morgan fingerprint density at radius 2 is 2.40 bits per heavy atom. The zero-order chi connectivity index (χ0) is 10.4. The largest absolute Gasteiger partial charge is 0.481 e. The van der Waals surface area contributed by atoms with Crippen LogP contribution in [0.1, 0.15) is 17.9 Å². The predicted octanol–water partition coefficient (Wildman–Crippen LogP) is 1.52. The minimum atomic E-state index is -0.699. The summed E-state index contributed by atoms with van der Waals surface area (Å²) in [6.07, 6.45) is 4.39. The van der Waals surface area contributed by atoms with E-state index in [9.17, 15) is 4.79 Å². The van der Waals surface area contributed by atoms with Crippen molar-refractivity contribution in [3.8, 4) is 0 Å². The van der Waals surface area contributed by atoms with Crippen LogP contribution in [0.3, 0.4) is 0 Å². The van der Waals surface area contributed by atoms with E-state index in [1.54, 1.807) is 10.7 Å². The van der Waals surface area contributed by atoms with Crippen LogP contribution in [0.2, 0.25) is 0 Å². The average molecular weight is 202 g/mol. The van der Waals surface area contributed by atoms with Gasteiger partial charge in [0.15, 0.2) is 0 Å². The predicted molar refractivity (Wildman–Crippen MR) is 53.7 cm³/mol. The molecule has 1 aliphatic rings. The fourth-order valence-electron chi connectivity index (χ4n) is 2.05. The Balaban J connectivity index is 2.03. The maximum atomic E-state index is 10.8. The first kappa shape index (κ1) is 8.47. The zero-order valence-electron chi connectivity index (χ0n) is 8.00. The van der Waals surface area contributed by atoms with Gasteiger partial charge in [0.1, 0.15) is 0 Å². The minimum Gasteiger partial charge on any atom is -0.481 e. The fraction of sp³-hybridized carbons (Fsp3) is 0.273. The van der Waals surface area contributed by atoms with Crippen LogP contribution in [-0.4, -0.2) is 20.7 Å². The summed E-state index contributed by atoms with van der Waals surface area (Å²) in [4.78, 5) is 10.8. The van der Waals surface area contributed by atoms with E-state index in [0.717, 1.165) is 17.5 Å². The highest BCUT2D eigenvalue weighted by atomic mass is 16.4. The summed E-state index contributed by atoms with van der Waals surface area (Å²) >= 11 is 0. The Morgan fingerprint density at radius 3 is 3.13 bits per heavy atom. The fourth-order valence-corrected chi connectivity index (χ4v) is 2.05. The standard InChI is InChI=1S/C11H10N2O2/c14-11(15)8-5-7(8)9-6-12-13-4-2-1-3-10(9)13/h1-4,6-8H,5H2,(H,14,15)/t7-,8+/m0/s1. The van der Waals surface area contributed by atoms with Gasteiger partial charge in [-0.2, -0.15) is 5.10 Å². The number of nitrogens with zero attached hydrogens (tertiary/aromatic N) is 2. The van der Waals surface area contributed by atoms with E-state index in [0.29, 0.717) is 0 Å². The molecule has 0 bridgehead atoms. The minimum absolute atomic E-state index is 0.155. The second-order valence-electron chi connectivity index (χ2n) is 3.92. The molecule has 1 aliphatic carbocycles. The number of carboxylic acid groups (broad SMARTS) is 1. The van der Waals surface area contributed by atoms with E-state index in [4.69, 9.17) is 5.11 Å². The van der Waals surface area contributed by atoms with Gasteiger partial charge < -0.3 is 5.11 Å². The van der Waals surface area contributed by atoms with Gasteiger partial charge in [-0.05, 0) is 18.6 Å². The number of hydrogen-bond donors (Lipinski definition) is 1. The molecule has 0 spiro atoms. The second kappa shape index (κ2) is 2.82. The molecular formula is C11H10N2O2. The molecule has 15 heavy (non-hydrogen) atoms. The van der Waals surface area contributed by atoms with Crippen molar-refractivity contribution in [2.75, 3.05) is 0 Å². The Morgan fingerprint density at radius 1 is 1.53 bits per heavy atom. The van der Waals surface area contributed by atoms with Crippen LogP contribution in [0, 0.1) is 5.92 Å². The molecule has 0 radical (unpaired) electrons. The Hall–Kier alpha value is -1.84. The van der Waals surface area contributed by atoms with Crippen molar-refractivity contribution in [2.24, 2.45) is 5.92 Å². The zero-order valence-corrected chi connectivity index (χ0v) is 8.00. The first-order chi connectivity index (χ1) is 7.27. The van der Waals surface area contributed by atoms with Crippen LogP contribution in [0.25, 0.3) is 5.52 Å². The Labute approximate surface area is 86.1 Å². The lowest BCUT2D eigenvalue weighted by molar-refractivity contribution is -0.138. The van der Waals surface area contributed by atoms with Crippen molar-refractivity contribution in [1.82, 2.24) is 9.61 Å². The number of fused-ring (bicyclic) bond motifs is 1. The number of carboxylic acids is 1. The van der Waals surface area contributed by atoms with Gasteiger partial charge in [0.05, 0.1) is 17.6 Å². The van der Waals surface area contributed by atoms with Crippen LogP contribution in [0.15, 0.2) is 30.6 Å². The van der Waals surface area contributed by atoms with Crippen molar-refractivity contribution in [2.45, 2.75) is 12.3 Å². The summed E-state index contributed by atoms with van der Waals surface area (Å²) < 4.78 is 1.78. The molecule has 3 rings (SSSR count). The third-order valence-corrected chi connectivity index (χ3v) is 2.96. The summed E-state index contributed by atoms with van der Waals surface area (Å²) in [5.74, 6) is -0.754. The van der Waals surface area contributed by atoms with E-state index in [-0.39, 0.29) is 11.8 Å². The van der Waals surface area contributed by atoms with Gasteiger partial charge in [-0.15, -0.1) is 0 Å². The molecule has 2 aromatic heterocycles. The van der Waals surface area contributed by atoms with E-state index in [1.165, 1.54) is 0 Å². The molecule has 0 saturated heterocycles. The molecule has 2 atom stereocenters. The number of rotatable bonds is 2. The van der Waals surface area contributed by atoms with E-state index >= 15 is 0 Å². The first-order valence-corrected chi connectivity index (χ1v) is 4.92. The van der Waals surface area contributed by atoms with Crippen LogP contribution in [0.4, 0.5) is 0 Å². The third-order valence-electron chi connectivity index (χ3n) is 2.96. The van der Waals surface area contributed by atoms with Crippen LogP contribution in [0.5, 0.6) is 0 Å². The lowest BCUT2D eigenvalue weighted by Gasteiger charge is -1.95. The summed E-state index contributed by atoms with van der Waals surface area (Å²) in [5.41, 5.74) is 2.08. The van der Waals surface area contributed by atoms with Gasteiger partial charge >= 0.3 is 5.97 Å². The van der Waals surface area contributed by atoms with Crippen molar-refractivity contribution in [1.29, 1.82) is 0 Å². The molecule has 1 N–H and O–H groups in total. The van der Waals surface area contributed by atoms with E-state index in [2.05, 4.69) is 5.10 Å². The number of carbonyl (C=O) groups is 1. The topological polar surface area (TPSA) is 54.6 Å². The highest BCUT2D eigenvalue weighted by molar-refractivity contribution is 5.76. The van der Waals surface area contributed by atoms with Crippen molar-refractivity contribution >= 4 is 11.5 Å². The first-order valence-electron chi connectivity index (χ1n) is 4.92. The highest BCUT2D eigenvalue weighted by Crippen LogP contribution is 2.48. The SMILES string of the molecule is O=C(O)[C@@H]1C[C@@H]1c1cnn2ccccc12. The van der Waals surface area contributed by atoms with Gasteiger partial charge in [-0.3, -0.25) is 4.79 Å². The molecule has 0 unspecified atom stereocenters. The van der Waals surface area contributed by atoms with Gasteiger partial charge in [0.2, 0.25) is 0 Å². The molecular weight excluding hydrogens is 192 g/mol. The molecule has 2 aromatic rings. The van der Waals surface area contributed by atoms with Gasteiger partial charge in [-0.1, -0.05) is 6.07 Å². The lowest BCUT2D eigenvalue weighted by atomic mass is 10.1. The van der Waals surface area contributed by atoms with E-state index in [1.807, 2.05) is 24.4 Å². The Bertz CT molecular complexity index is 532. The maximum absolute atomic E-state index is 10.8. The van der Waals surface area contributed by atoms with E-state index < -0.39 is 5.97 Å². The Kier molecular flexibility index (Phi) is 1.59. The summed E-state index contributed by atoms with van der Waals surface area (Å²) in [6, 6.07) is 5.82. The number of aromatic nitrogens is 2. The van der Waals surface area contributed by atoms with Crippen molar-refractivity contribution < 1.29 is 9.90 Å². The molecule has 2 heterocycles. The summed E-state index contributed by atoms with van der Waals surface area (Å²) in [5, 5.41) is 13.1. The molecule has 0 amide bonds. The molecule has 1 fully saturated rings. The van der Waals surface area contributed by atoms with Crippen molar-refractivity contribution in [3.63, 3.8) is 0 Å². The third kappa shape index (κ3) is 1.21. The molecule has 4 heteroatoms.